The van der Waals surface area contributed by atoms with E-state index < -0.39 is 11.2 Å². The number of nitrogens with one attached hydrogen (secondary N) is 3. The maximum Gasteiger partial charge on any atom is 0.342 e. The van der Waals surface area contributed by atoms with Gasteiger partial charge in [-0.2, -0.15) is 0 Å². The molecule has 1 aliphatic carbocycles. The summed E-state index contributed by atoms with van der Waals surface area (Å²) >= 11 is 0. The van der Waals surface area contributed by atoms with Gasteiger partial charge in [0.2, 0.25) is 5.82 Å². The zero-order valence-electron chi connectivity index (χ0n) is 9.95. The van der Waals surface area contributed by atoms with Gasteiger partial charge in [-0.15, -0.1) is 5.10 Å². The zero-order chi connectivity index (χ0) is 12.3. The van der Waals surface area contributed by atoms with Crippen molar-refractivity contribution in [3.63, 3.8) is 0 Å². The molecule has 17 heavy (non-hydrogen) atoms. The van der Waals surface area contributed by atoms with E-state index in [1.165, 1.54) is 32.1 Å². The van der Waals surface area contributed by atoms with Crippen molar-refractivity contribution in [3.05, 3.63) is 20.8 Å². The lowest BCUT2D eigenvalue weighted by molar-refractivity contribution is 0.328. The van der Waals surface area contributed by atoms with E-state index in [1.54, 1.807) is 0 Å². The first-order chi connectivity index (χ1) is 8.16. The van der Waals surface area contributed by atoms with E-state index in [1.807, 2.05) is 0 Å². The van der Waals surface area contributed by atoms with E-state index in [0.717, 1.165) is 0 Å². The molecular formula is C11H18N4O2. The van der Waals surface area contributed by atoms with Gasteiger partial charge in [0.05, 0.1) is 0 Å². The molecule has 0 aromatic carbocycles. The number of H-pyrrole nitrogens is 2. The van der Waals surface area contributed by atoms with Gasteiger partial charge >= 0.3 is 5.69 Å². The summed E-state index contributed by atoms with van der Waals surface area (Å²) in [6.45, 7) is 2.06. The summed E-state index contributed by atoms with van der Waals surface area (Å²) in [6, 6.07) is 0.204. The molecule has 0 radical (unpaired) electrons. The number of anilines is 1. The lowest BCUT2D eigenvalue weighted by atomic mass is 9.84. The van der Waals surface area contributed by atoms with Crippen LogP contribution in [-0.4, -0.2) is 21.2 Å². The molecule has 1 fully saturated rings. The second kappa shape index (κ2) is 5.16. The molecule has 0 amide bonds. The van der Waals surface area contributed by atoms with Crippen molar-refractivity contribution in [3.8, 4) is 0 Å². The Hall–Kier alpha value is -1.59. The number of hydrogen-bond donors (Lipinski definition) is 3. The average Bonchev–Trinajstić information content (AvgIpc) is 2.34. The fourth-order valence-electron chi connectivity index (χ4n) is 2.41. The maximum absolute atomic E-state index is 11.5. The van der Waals surface area contributed by atoms with E-state index >= 15 is 0 Å². The van der Waals surface area contributed by atoms with Crippen molar-refractivity contribution >= 4 is 5.82 Å². The summed E-state index contributed by atoms with van der Waals surface area (Å²) in [4.78, 5) is 24.4. The molecule has 0 saturated heterocycles. The molecule has 1 heterocycles. The lowest BCUT2D eigenvalue weighted by Crippen LogP contribution is -2.33. The largest absolute Gasteiger partial charge is 0.361 e. The molecule has 1 unspecified atom stereocenters. The van der Waals surface area contributed by atoms with Crippen molar-refractivity contribution in [1.29, 1.82) is 0 Å². The third-order valence-corrected chi connectivity index (χ3v) is 3.43. The van der Waals surface area contributed by atoms with Crippen LogP contribution in [0.4, 0.5) is 5.82 Å². The fourth-order valence-corrected chi connectivity index (χ4v) is 2.41. The smallest absolute Gasteiger partial charge is 0.342 e. The average molecular weight is 238 g/mol. The highest BCUT2D eigenvalue weighted by Crippen LogP contribution is 2.27. The normalized spacial score (nSPS) is 18.9. The Labute approximate surface area is 98.8 Å². The van der Waals surface area contributed by atoms with Crippen LogP contribution in [0.25, 0.3) is 0 Å². The van der Waals surface area contributed by atoms with E-state index in [4.69, 9.17) is 0 Å². The Morgan fingerprint density at radius 3 is 2.65 bits per heavy atom. The Balaban J connectivity index is 2.04. The Morgan fingerprint density at radius 2 is 2.00 bits per heavy atom. The summed E-state index contributed by atoms with van der Waals surface area (Å²) in [5.41, 5.74) is -1.04. The number of aromatic nitrogens is 3. The predicted octanol–water partition coefficient (Wildman–Crippen LogP) is 0.839. The van der Waals surface area contributed by atoms with Crippen molar-refractivity contribution in [2.75, 3.05) is 5.32 Å². The van der Waals surface area contributed by atoms with Crippen LogP contribution in [0, 0.1) is 5.92 Å². The Kier molecular flexibility index (Phi) is 3.61. The molecule has 94 valence electrons. The standard InChI is InChI=1S/C11H18N4O2/c1-7(8-5-3-2-4-6-8)12-9-10(16)13-11(17)15-14-9/h7-8H,2-6H2,1H3,(H,12,14)(H2,13,15,16,17). The molecule has 0 aliphatic heterocycles. The summed E-state index contributed by atoms with van der Waals surface area (Å²) in [6.07, 6.45) is 6.20. The molecule has 1 atom stereocenters. The van der Waals surface area contributed by atoms with E-state index in [0.29, 0.717) is 5.92 Å². The monoisotopic (exact) mass is 238 g/mol. The van der Waals surface area contributed by atoms with E-state index in [-0.39, 0.29) is 11.9 Å². The van der Waals surface area contributed by atoms with Gasteiger partial charge in [-0.05, 0) is 25.7 Å². The third-order valence-electron chi connectivity index (χ3n) is 3.43. The van der Waals surface area contributed by atoms with E-state index in [2.05, 4.69) is 27.4 Å². The van der Waals surface area contributed by atoms with Crippen LogP contribution in [-0.2, 0) is 0 Å². The topological polar surface area (TPSA) is 90.6 Å². The molecule has 6 heteroatoms. The molecule has 1 aromatic rings. The van der Waals surface area contributed by atoms with Gasteiger partial charge in [-0.25, -0.2) is 9.89 Å². The van der Waals surface area contributed by atoms with E-state index in [9.17, 15) is 9.59 Å². The first kappa shape index (κ1) is 11.9. The molecule has 3 N–H and O–H groups in total. The Bertz CT molecular complexity index is 473. The number of aromatic amines is 2. The second-order valence-corrected chi connectivity index (χ2v) is 4.69. The second-order valence-electron chi connectivity index (χ2n) is 4.69. The van der Waals surface area contributed by atoms with Crippen LogP contribution in [0.15, 0.2) is 9.59 Å². The highest BCUT2D eigenvalue weighted by molar-refractivity contribution is 5.30. The third kappa shape index (κ3) is 2.95. The van der Waals surface area contributed by atoms with Crippen molar-refractivity contribution < 1.29 is 0 Å². The highest BCUT2D eigenvalue weighted by atomic mass is 16.2. The number of hydrogen-bond acceptors (Lipinski definition) is 4. The minimum absolute atomic E-state index is 0.197. The SMILES string of the molecule is CC(Nc1n[nH]c(=O)[nH]c1=O)C1CCCCC1. The summed E-state index contributed by atoms with van der Waals surface area (Å²) < 4.78 is 0. The van der Waals surface area contributed by atoms with Gasteiger partial charge in [0.15, 0.2) is 0 Å². The fraction of sp³-hybridized carbons (Fsp3) is 0.727. The van der Waals surface area contributed by atoms with Gasteiger partial charge in [-0.1, -0.05) is 19.3 Å². The zero-order valence-corrected chi connectivity index (χ0v) is 9.95. The minimum Gasteiger partial charge on any atom is -0.361 e. The summed E-state index contributed by atoms with van der Waals surface area (Å²) in [7, 11) is 0. The van der Waals surface area contributed by atoms with Crippen LogP contribution >= 0.6 is 0 Å². The minimum atomic E-state index is -0.578. The summed E-state index contributed by atoms with van der Waals surface area (Å²) in [5, 5.41) is 9.03. The first-order valence-corrected chi connectivity index (χ1v) is 6.12. The first-order valence-electron chi connectivity index (χ1n) is 6.12. The van der Waals surface area contributed by atoms with Gasteiger partial charge in [0.1, 0.15) is 0 Å². The van der Waals surface area contributed by atoms with Crippen molar-refractivity contribution in [1.82, 2.24) is 15.2 Å². The molecule has 2 rings (SSSR count). The van der Waals surface area contributed by atoms with Crippen LogP contribution in [0.2, 0.25) is 0 Å². The van der Waals surface area contributed by atoms with Crippen LogP contribution in [0.5, 0.6) is 0 Å². The van der Waals surface area contributed by atoms with Crippen molar-refractivity contribution in [2.45, 2.75) is 45.1 Å². The highest BCUT2D eigenvalue weighted by Gasteiger charge is 2.20. The lowest BCUT2D eigenvalue weighted by Gasteiger charge is -2.28. The Morgan fingerprint density at radius 1 is 1.29 bits per heavy atom. The van der Waals surface area contributed by atoms with Crippen LogP contribution < -0.4 is 16.6 Å². The molecule has 1 saturated carbocycles. The number of nitrogens with zero attached hydrogens (tertiary/aromatic N) is 1. The molecule has 6 nitrogen and oxygen atoms in total. The van der Waals surface area contributed by atoms with Gasteiger partial charge < -0.3 is 5.32 Å². The molecule has 0 spiro atoms. The quantitative estimate of drug-likeness (QED) is 0.727. The van der Waals surface area contributed by atoms with Crippen molar-refractivity contribution in [2.24, 2.45) is 5.92 Å². The van der Waals surface area contributed by atoms with Crippen LogP contribution in [0.1, 0.15) is 39.0 Å². The molecule has 1 aromatic heterocycles. The maximum atomic E-state index is 11.5. The van der Waals surface area contributed by atoms with Gasteiger partial charge in [-0.3, -0.25) is 9.78 Å². The molecular weight excluding hydrogens is 220 g/mol. The molecule has 0 bridgehead atoms. The number of rotatable bonds is 3. The van der Waals surface area contributed by atoms with Gasteiger partial charge in [0.25, 0.3) is 5.56 Å². The predicted molar refractivity (Wildman–Crippen MR) is 65.1 cm³/mol. The summed E-state index contributed by atoms with van der Waals surface area (Å²) in [5.74, 6) is 0.777. The van der Waals surface area contributed by atoms with Gasteiger partial charge in [0, 0.05) is 6.04 Å². The van der Waals surface area contributed by atoms with Crippen LogP contribution in [0.3, 0.4) is 0 Å². The molecule has 1 aliphatic rings.